The van der Waals surface area contributed by atoms with Crippen LogP contribution >= 0.6 is 0 Å². The van der Waals surface area contributed by atoms with Crippen molar-refractivity contribution in [3.8, 4) is 5.75 Å². The van der Waals surface area contributed by atoms with Gasteiger partial charge in [-0.1, -0.05) is 24.3 Å². The number of anilines is 1. The third-order valence-electron chi connectivity index (χ3n) is 6.29. The highest BCUT2D eigenvalue weighted by Crippen LogP contribution is 2.27. The second-order valence-corrected chi connectivity index (χ2v) is 11.0. The number of benzene rings is 3. The van der Waals surface area contributed by atoms with Crippen LogP contribution in [0.4, 0.5) is 5.69 Å². The first-order chi connectivity index (χ1) is 16.7. The van der Waals surface area contributed by atoms with Gasteiger partial charge in [-0.25, -0.2) is 8.42 Å². The molecule has 0 saturated carbocycles. The Morgan fingerprint density at radius 1 is 1.09 bits per heavy atom. The molecule has 1 atom stereocenters. The number of nitrogens with zero attached hydrogens (tertiary/aromatic N) is 2. The maximum atomic E-state index is 13.0. The Balaban J connectivity index is 1.56. The molecule has 0 radical (unpaired) electrons. The van der Waals surface area contributed by atoms with Crippen molar-refractivity contribution >= 4 is 38.2 Å². The van der Waals surface area contributed by atoms with Crippen molar-refractivity contribution in [2.45, 2.75) is 32.9 Å². The van der Waals surface area contributed by atoms with E-state index in [-0.39, 0.29) is 24.2 Å². The molecule has 1 aliphatic rings. The highest BCUT2D eigenvalue weighted by Gasteiger charge is 2.25. The van der Waals surface area contributed by atoms with E-state index >= 15 is 0 Å². The number of ether oxygens (including phenoxy) is 1. The molecule has 0 bridgehead atoms. The van der Waals surface area contributed by atoms with E-state index in [1.165, 1.54) is 4.31 Å². The third-order valence-corrected chi connectivity index (χ3v) is 8.03. The second kappa shape index (κ2) is 9.95. The third kappa shape index (κ3) is 5.57. The number of amidine groups is 2. The van der Waals surface area contributed by atoms with E-state index in [0.29, 0.717) is 29.4 Å². The number of sulfonamides is 1. The number of hydrogen-bond acceptors (Lipinski definition) is 5. The fourth-order valence-electron chi connectivity index (χ4n) is 4.25. The summed E-state index contributed by atoms with van der Waals surface area (Å²) < 4.78 is 33.5. The molecule has 1 unspecified atom stereocenters. The molecular formula is C26H31N5O3S. The van der Waals surface area contributed by atoms with Gasteiger partial charge in [-0.2, -0.15) is 0 Å². The lowest BCUT2D eigenvalue weighted by Crippen LogP contribution is -2.31. The van der Waals surface area contributed by atoms with Crippen LogP contribution in [-0.2, 0) is 16.6 Å². The molecular weight excluding hydrogens is 462 g/mol. The molecule has 35 heavy (non-hydrogen) atoms. The lowest BCUT2D eigenvalue weighted by molar-refractivity contribution is 0.214. The number of hydrogen-bond donors (Lipinski definition) is 3. The molecule has 0 amide bonds. The van der Waals surface area contributed by atoms with Gasteiger partial charge >= 0.3 is 0 Å². The largest absolute Gasteiger partial charge is 0.489 e. The number of rotatable bonds is 8. The quantitative estimate of drug-likeness (QED) is 0.324. The minimum absolute atomic E-state index is 0.00642. The molecule has 0 aromatic heterocycles. The van der Waals surface area contributed by atoms with Crippen LogP contribution in [0.2, 0.25) is 0 Å². The Bertz CT molecular complexity index is 1360. The van der Waals surface area contributed by atoms with E-state index < -0.39 is 10.0 Å². The average molecular weight is 494 g/mol. The normalized spacial score (nSPS) is 15.8. The SMILES string of the molecule is CCS(=O)(=O)N(Cc1ccc2ccc(C(=N)N)cc2c1)c1ccc(OC2CCN(C(C)=N)C2)cc1. The summed E-state index contributed by atoms with van der Waals surface area (Å²) in [5.41, 5.74) is 7.67. The molecule has 8 nitrogen and oxygen atoms in total. The van der Waals surface area contributed by atoms with E-state index in [4.69, 9.17) is 21.3 Å². The van der Waals surface area contributed by atoms with Crippen molar-refractivity contribution in [1.29, 1.82) is 10.8 Å². The van der Waals surface area contributed by atoms with Gasteiger partial charge in [0.25, 0.3) is 0 Å². The molecule has 3 aromatic rings. The second-order valence-electron chi connectivity index (χ2n) is 8.77. The number of nitrogens with one attached hydrogen (secondary N) is 2. The topological polar surface area (TPSA) is 124 Å². The summed E-state index contributed by atoms with van der Waals surface area (Å²) in [5.74, 6) is 1.19. The lowest BCUT2D eigenvalue weighted by atomic mass is 10.0. The van der Waals surface area contributed by atoms with E-state index in [1.54, 1.807) is 44.2 Å². The van der Waals surface area contributed by atoms with Crippen LogP contribution in [0.5, 0.6) is 5.75 Å². The van der Waals surface area contributed by atoms with E-state index in [2.05, 4.69) is 0 Å². The predicted molar refractivity (Wildman–Crippen MR) is 141 cm³/mol. The minimum Gasteiger partial charge on any atom is -0.489 e. The summed E-state index contributed by atoms with van der Waals surface area (Å²) in [6.45, 7) is 5.09. The van der Waals surface area contributed by atoms with Gasteiger partial charge < -0.3 is 15.4 Å². The van der Waals surface area contributed by atoms with Gasteiger partial charge in [-0.3, -0.25) is 15.1 Å². The highest BCUT2D eigenvalue weighted by atomic mass is 32.2. The zero-order chi connectivity index (χ0) is 25.2. The lowest BCUT2D eigenvalue weighted by Gasteiger charge is -2.25. The molecule has 4 rings (SSSR count). The molecule has 1 fully saturated rings. The first kappa shape index (κ1) is 24.5. The maximum absolute atomic E-state index is 13.0. The van der Waals surface area contributed by atoms with Crippen LogP contribution in [0, 0.1) is 10.8 Å². The van der Waals surface area contributed by atoms with Gasteiger partial charge in [0.1, 0.15) is 17.7 Å². The maximum Gasteiger partial charge on any atom is 0.235 e. The molecule has 184 valence electrons. The molecule has 0 aliphatic carbocycles. The highest BCUT2D eigenvalue weighted by molar-refractivity contribution is 7.92. The molecule has 1 aliphatic heterocycles. The van der Waals surface area contributed by atoms with Crippen LogP contribution in [0.1, 0.15) is 31.4 Å². The Morgan fingerprint density at radius 3 is 2.43 bits per heavy atom. The van der Waals surface area contributed by atoms with Crippen molar-refractivity contribution < 1.29 is 13.2 Å². The van der Waals surface area contributed by atoms with Gasteiger partial charge in [0.05, 0.1) is 30.4 Å². The molecule has 1 heterocycles. The summed E-state index contributed by atoms with van der Waals surface area (Å²) in [5, 5.41) is 17.3. The number of nitrogens with two attached hydrogens (primary N) is 1. The minimum atomic E-state index is -3.53. The monoisotopic (exact) mass is 493 g/mol. The molecule has 1 saturated heterocycles. The number of likely N-dealkylation sites (tertiary alicyclic amines) is 1. The summed E-state index contributed by atoms with van der Waals surface area (Å²) in [6, 6.07) is 18.5. The summed E-state index contributed by atoms with van der Waals surface area (Å²) in [6.07, 6.45) is 0.857. The van der Waals surface area contributed by atoms with Crippen LogP contribution in [0.3, 0.4) is 0 Å². The van der Waals surface area contributed by atoms with Gasteiger partial charge in [-0.15, -0.1) is 0 Å². The van der Waals surface area contributed by atoms with Gasteiger partial charge in [0.2, 0.25) is 10.0 Å². The number of fused-ring (bicyclic) bond motifs is 1. The summed E-state index contributed by atoms with van der Waals surface area (Å²) >= 11 is 0. The Kier molecular flexibility index (Phi) is 6.98. The number of nitrogen functional groups attached to an aromatic ring is 1. The molecule has 3 aromatic carbocycles. The molecule has 4 N–H and O–H groups in total. The first-order valence-electron chi connectivity index (χ1n) is 11.6. The van der Waals surface area contributed by atoms with E-state index in [0.717, 1.165) is 29.3 Å². The van der Waals surface area contributed by atoms with Crippen LogP contribution in [0.25, 0.3) is 10.8 Å². The zero-order valence-electron chi connectivity index (χ0n) is 20.0. The van der Waals surface area contributed by atoms with Crippen molar-refractivity contribution in [2.75, 3.05) is 23.1 Å². The van der Waals surface area contributed by atoms with Crippen LogP contribution in [0.15, 0.2) is 60.7 Å². The predicted octanol–water partition coefficient (Wildman–Crippen LogP) is 3.93. The molecule has 0 spiro atoms. The molecule has 9 heteroatoms. The van der Waals surface area contributed by atoms with Crippen molar-refractivity contribution in [1.82, 2.24) is 4.90 Å². The van der Waals surface area contributed by atoms with E-state index in [9.17, 15) is 8.42 Å². The van der Waals surface area contributed by atoms with Crippen molar-refractivity contribution in [3.63, 3.8) is 0 Å². The van der Waals surface area contributed by atoms with Gasteiger partial charge in [0, 0.05) is 18.5 Å². The van der Waals surface area contributed by atoms with Gasteiger partial charge in [-0.05, 0) is 66.6 Å². The first-order valence-corrected chi connectivity index (χ1v) is 13.2. The van der Waals surface area contributed by atoms with Crippen molar-refractivity contribution in [3.05, 3.63) is 71.8 Å². The van der Waals surface area contributed by atoms with Crippen LogP contribution in [-0.4, -0.2) is 49.9 Å². The zero-order valence-corrected chi connectivity index (χ0v) is 20.8. The Labute approximate surface area is 206 Å². The smallest absolute Gasteiger partial charge is 0.235 e. The van der Waals surface area contributed by atoms with Crippen LogP contribution < -0.4 is 14.8 Å². The van der Waals surface area contributed by atoms with E-state index in [1.807, 2.05) is 35.2 Å². The fraction of sp³-hybridized carbons (Fsp3) is 0.308. The van der Waals surface area contributed by atoms with Crippen molar-refractivity contribution in [2.24, 2.45) is 5.73 Å². The standard InChI is InChI=1S/C26H31N5O3S/c1-3-35(32,33)31(16-19-4-5-20-6-7-21(26(28)29)15-22(20)14-19)23-8-10-24(11-9-23)34-25-12-13-30(17-25)18(2)27/h4-11,14-15,25,27H,3,12-13,16-17H2,1-2H3,(H3,28,29). The van der Waals surface area contributed by atoms with Gasteiger partial charge in [0.15, 0.2) is 0 Å². The fourth-order valence-corrected chi connectivity index (χ4v) is 5.35. The average Bonchev–Trinajstić information content (AvgIpc) is 3.31. The Hall–Kier alpha value is -3.59. The Morgan fingerprint density at radius 2 is 1.80 bits per heavy atom. The summed E-state index contributed by atoms with van der Waals surface area (Å²) in [4.78, 5) is 1.98. The summed E-state index contributed by atoms with van der Waals surface area (Å²) in [7, 11) is -3.53.